The predicted molar refractivity (Wildman–Crippen MR) is 122 cm³/mol. The van der Waals surface area contributed by atoms with Gasteiger partial charge in [-0.3, -0.25) is 9.59 Å². The molecule has 0 saturated heterocycles. The predicted octanol–water partition coefficient (Wildman–Crippen LogP) is 5.04. The number of carbonyl (C=O) groups excluding carboxylic acids is 2. The number of hydrogen-bond donors (Lipinski definition) is 1. The van der Waals surface area contributed by atoms with Gasteiger partial charge in [0.1, 0.15) is 11.9 Å². The van der Waals surface area contributed by atoms with Gasteiger partial charge < -0.3 is 10.2 Å². The molecule has 1 N–H and O–H groups in total. The Morgan fingerprint density at radius 1 is 1.13 bits per heavy atom. The fraction of sp³-hybridized carbons (Fsp3) is 0.391. The Kier molecular flexibility index (Phi) is 9.66. The topological polar surface area (TPSA) is 49.4 Å². The molecule has 0 heterocycles. The molecule has 2 atom stereocenters. The average Bonchev–Trinajstić information content (AvgIpc) is 2.73. The third kappa shape index (κ3) is 7.33. The third-order valence-electron chi connectivity index (χ3n) is 4.87. The van der Waals surface area contributed by atoms with Crippen molar-refractivity contribution in [1.29, 1.82) is 0 Å². The van der Waals surface area contributed by atoms with Crippen LogP contribution in [0.2, 0.25) is 5.02 Å². The zero-order chi connectivity index (χ0) is 22.1. The maximum atomic E-state index is 13.0. The number of thioether (sulfide) groups is 1. The molecular formula is C23H28ClFN2O2S. The molecule has 0 bridgehead atoms. The van der Waals surface area contributed by atoms with Gasteiger partial charge in [-0.15, -0.1) is 11.8 Å². The van der Waals surface area contributed by atoms with Crippen molar-refractivity contribution in [3.8, 4) is 0 Å². The van der Waals surface area contributed by atoms with Crippen LogP contribution in [0.15, 0.2) is 48.5 Å². The van der Waals surface area contributed by atoms with Crippen molar-refractivity contribution in [2.24, 2.45) is 0 Å². The average molecular weight is 451 g/mol. The van der Waals surface area contributed by atoms with E-state index >= 15 is 0 Å². The Bertz CT molecular complexity index is 847. The first-order chi connectivity index (χ1) is 14.3. The molecule has 0 saturated carbocycles. The number of nitrogens with one attached hydrogen (secondary N) is 1. The van der Waals surface area contributed by atoms with Crippen LogP contribution in [-0.4, -0.2) is 34.6 Å². The lowest BCUT2D eigenvalue weighted by Gasteiger charge is -2.30. The smallest absolute Gasteiger partial charge is 0.242 e. The van der Waals surface area contributed by atoms with Gasteiger partial charge in [0.25, 0.3) is 0 Å². The van der Waals surface area contributed by atoms with E-state index in [1.54, 1.807) is 30.0 Å². The highest BCUT2D eigenvalue weighted by Gasteiger charge is 2.27. The second-order valence-corrected chi connectivity index (χ2v) is 8.62. The normalized spacial score (nSPS) is 12.8. The summed E-state index contributed by atoms with van der Waals surface area (Å²) >= 11 is 7.72. The largest absolute Gasteiger partial charge is 0.352 e. The van der Waals surface area contributed by atoms with Crippen LogP contribution < -0.4 is 5.32 Å². The first-order valence-corrected chi connectivity index (χ1v) is 11.5. The fourth-order valence-electron chi connectivity index (χ4n) is 2.78. The number of hydrogen-bond acceptors (Lipinski definition) is 3. The molecule has 0 radical (unpaired) electrons. The maximum Gasteiger partial charge on any atom is 0.242 e. The highest BCUT2D eigenvalue weighted by molar-refractivity contribution is 7.99. The lowest BCUT2D eigenvalue weighted by molar-refractivity contribution is -0.138. The number of benzene rings is 2. The van der Waals surface area contributed by atoms with Gasteiger partial charge in [0, 0.05) is 23.4 Å². The van der Waals surface area contributed by atoms with Gasteiger partial charge in [0.05, 0.1) is 5.75 Å². The monoisotopic (exact) mass is 450 g/mol. The Morgan fingerprint density at radius 2 is 1.80 bits per heavy atom. The molecule has 0 aromatic heterocycles. The van der Waals surface area contributed by atoms with Gasteiger partial charge in [-0.2, -0.15) is 0 Å². The summed E-state index contributed by atoms with van der Waals surface area (Å²) < 4.78 is 13.0. The number of rotatable bonds is 10. The fourth-order valence-corrected chi connectivity index (χ4v) is 3.84. The van der Waals surface area contributed by atoms with E-state index in [1.807, 2.05) is 32.0 Å². The van der Waals surface area contributed by atoms with Crippen LogP contribution in [0.25, 0.3) is 0 Å². The number of amides is 2. The SMILES string of the molecule is CCC(C)NC(=O)C(C)N(Cc1ccccc1Cl)C(=O)CSCc1ccc(F)cc1. The maximum absolute atomic E-state index is 13.0. The van der Waals surface area contributed by atoms with Gasteiger partial charge in [0.15, 0.2) is 0 Å². The van der Waals surface area contributed by atoms with E-state index in [1.165, 1.54) is 23.9 Å². The Morgan fingerprint density at radius 3 is 2.43 bits per heavy atom. The Hall–Kier alpha value is -2.05. The second-order valence-electron chi connectivity index (χ2n) is 7.23. The van der Waals surface area contributed by atoms with Crippen molar-refractivity contribution < 1.29 is 14.0 Å². The molecular weight excluding hydrogens is 423 g/mol. The molecule has 30 heavy (non-hydrogen) atoms. The van der Waals surface area contributed by atoms with Gasteiger partial charge >= 0.3 is 0 Å². The zero-order valence-corrected chi connectivity index (χ0v) is 19.1. The number of carbonyl (C=O) groups is 2. The van der Waals surface area contributed by atoms with Crippen LogP contribution in [0.5, 0.6) is 0 Å². The summed E-state index contributed by atoms with van der Waals surface area (Å²) in [5.74, 6) is 0.177. The highest BCUT2D eigenvalue weighted by Crippen LogP contribution is 2.20. The molecule has 0 aliphatic heterocycles. The van der Waals surface area contributed by atoms with Crippen molar-refractivity contribution in [3.63, 3.8) is 0 Å². The van der Waals surface area contributed by atoms with E-state index in [2.05, 4.69) is 5.32 Å². The second kappa shape index (κ2) is 12.0. The van der Waals surface area contributed by atoms with Crippen molar-refractivity contribution in [2.45, 2.75) is 51.6 Å². The van der Waals surface area contributed by atoms with Crippen molar-refractivity contribution in [2.75, 3.05) is 5.75 Å². The molecule has 0 fully saturated rings. The molecule has 4 nitrogen and oxygen atoms in total. The lowest BCUT2D eigenvalue weighted by Crippen LogP contribution is -2.50. The summed E-state index contributed by atoms with van der Waals surface area (Å²) in [6, 6.07) is 12.9. The molecule has 0 aliphatic carbocycles. The standard InChI is InChI=1S/C23H28ClFN2O2S/c1-4-16(2)26-23(29)17(3)27(13-19-7-5-6-8-21(19)24)22(28)15-30-14-18-9-11-20(25)12-10-18/h5-12,16-17H,4,13-15H2,1-3H3,(H,26,29). The summed E-state index contributed by atoms with van der Waals surface area (Å²) in [5, 5.41) is 3.50. The molecule has 0 aliphatic rings. The van der Waals surface area contributed by atoms with Crippen LogP contribution in [0, 0.1) is 5.82 Å². The first-order valence-electron chi connectivity index (χ1n) is 9.97. The van der Waals surface area contributed by atoms with Crippen LogP contribution in [0.4, 0.5) is 4.39 Å². The summed E-state index contributed by atoms with van der Waals surface area (Å²) in [4.78, 5) is 27.3. The van der Waals surface area contributed by atoms with Crippen LogP contribution in [0.1, 0.15) is 38.3 Å². The van der Waals surface area contributed by atoms with E-state index in [4.69, 9.17) is 11.6 Å². The Balaban J connectivity index is 2.08. The summed E-state index contributed by atoms with van der Waals surface area (Å²) in [6.45, 7) is 5.92. The van der Waals surface area contributed by atoms with Gasteiger partial charge in [-0.05, 0) is 49.6 Å². The summed E-state index contributed by atoms with van der Waals surface area (Å²) in [5.41, 5.74) is 1.73. The molecule has 162 valence electrons. The highest BCUT2D eigenvalue weighted by atomic mass is 35.5. The van der Waals surface area contributed by atoms with Crippen molar-refractivity contribution in [3.05, 3.63) is 70.5 Å². The molecule has 2 amide bonds. The molecule has 7 heteroatoms. The van der Waals surface area contributed by atoms with Crippen molar-refractivity contribution >= 4 is 35.2 Å². The molecule has 2 aromatic carbocycles. The minimum Gasteiger partial charge on any atom is -0.352 e. The first kappa shape index (κ1) is 24.2. The summed E-state index contributed by atoms with van der Waals surface area (Å²) in [6.07, 6.45) is 0.810. The van der Waals surface area contributed by atoms with Gasteiger partial charge in [0.2, 0.25) is 11.8 Å². The lowest BCUT2D eigenvalue weighted by atomic mass is 10.1. The quantitative estimate of drug-likeness (QED) is 0.551. The molecule has 2 unspecified atom stereocenters. The van der Waals surface area contributed by atoms with E-state index in [9.17, 15) is 14.0 Å². The van der Waals surface area contributed by atoms with Gasteiger partial charge in [-0.25, -0.2) is 4.39 Å². The van der Waals surface area contributed by atoms with Crippen LogP contribution in [-0.2, 0) is 21.9 Å². The van der Waals surface area contributed by atoms with Crippen LogP contribution >= 0.6 is 23.4 Å². The van der Waals surface area contributed by atoms with Crippen LogP contribution in [0.3, 0.4) is 0 Å². The van der Waals surface area contributed by atoms with E-state index in [0.717, 1.165) is 17.5 Å². The zero-order valence-electron chi connectivity index (χ0n) is 17.5. The van der Waals surface area contributed by atoms with E-state index < -0.39 is 6.04 Å². The van der Waals surface area contributed by atoms with E-state index in [0.29, 0.717) is 10.8 Å². The number of halogens is 2. The molecule has 2 rings (SSSR count). The van der Waals surface area contributed by atoms with Crippen molar-refractivity contribution in [1.82, 2.24) is 10.2 Å². The van der Waals surface area contributed by atoms with E-state index in [-0.39, 0.29) is 36.0 Å². The number of nitrogens with zero attached hydrogens (tertiary/aromatic N) is 1. The third-order valence-corrected chi connectivity index (χ3v) is 6.23. The Labute approximate surface area is 187 Å². The minimum absolute atomic E-state index is 0.0325. The molecule has 2 aromatic rings. The molecule has 0 spiro atoms. The minimum atomic E-state index is -0.630. The van der Waals surface area contributed by atoms with Gasteiger partial charge in [-0.1, -0.05) is 48.9 Å². The summed E-state index contributed by atoms with van der Waals surface area (Å²) in [7, 11) is 0.